The summed E-state index contributed by atoms with van der Waals surface area (Å²) in [6.07, 6.45) is -2.27. The van der Waals surface area contributed by atoms with Crippen LogP contribution >= 0.6 is 11.6 Å². The van der Waals surface area contributed by atoms with Gasteiger partial charge in [-0.25, -0.2) is 4.98 Å². The van der Waals surface area contributed by atoms with Crippen LogP contribution in [0.1, 0.15) is 24.1 Å². The first-order chi connectivity index (χ1) is 7.45. The van der Waals surface area contributed by atoms with E-state index >= 15 is 0 Å². The van der Waals surface area contributed by atoms with E-state index in [4.69, 9.17) is 11.6 Å². The maximum Gasteiger partial charge on any atom is 0.433 e. The van der Waals surface area contributed by atoms with E-state index in [0.29, 0.717) is 18.2 Å². The molecule has 16 heavy (non-hydrogen) atoms. The van der Waals surface area contributed by atoms with Gasteiger partial charge in [-0.1, -0.05) is 11.6 Å². The van der Waals surface area contributed by atoms with Gasteiger partial charge in [-0.15, -0.1) is 0 Å². The average Bonchev–Trinajstić information content (AvgIpc) is 2.96. The number of aromatic nitrogens is 1. The van der Waals surface area contributed by atoms with Crippen molar-refractivity contribution in [3.63, 3.8) is 0 Å². The number of hydrogen-bond donors (Lipinski definition) is 1. The normalized spacial score (nSPS) is 16.5. The van der Waals surface area contributed by atoms with Crippen molar-refractivity contribution in [3.8, 4) is 0 Å². The third-order valence-electron chi connectivity index (χ3n) is 2.32. The topological polar surface area (TPSA) is 24.9 Å². The van der Waals surface area contributed by atoms with Gasteiger partial charge in [-0.05, 0) is 30.5 Å². The van der Waals surface area contributed by atoms with Crippen LogP contribution in [-0.4, -0.2) is 11.0 Å². The van der Waals surface area contributed by atoms with Gasteiger partial charge in [0.2, 0.25) is 0 Å². The molecule has 0 aliphatic heterocycles. The van der Waals surface area contributed by atoms with Crippen molar-refractivity contribution in [2.75, 3.05) is 0 Å². The Balaban J connectivity index is 2.14. The Hall–Kier alpha value is -0.810. The summed E-state index contributed by atoms with van der Waals surface area (Å²) in [4.78, 5) is 3.26. The van der Waals surface area contributed by atoms with Gasteiger partial charge < -0.3 is 5.32 Å². The molecular formula is C10H10ClF3N2. The molecule has 1 heterocycles. The number of rotatable bonds is 3. The lowest BCUT2D eigenvalue weighted by Crippen LogP contribution is -2.16. The molecule has 1 aromatic heterocycles. The van der Waals surface area contributed by atoms with Gasteiger partial charge in [0.1, 0.15) is 10.8 Å². The summed E-state index contributed by atoms with van der Waals surface area (Å²) < 4.78 is 37.3. The van der Waals surface area contributed by atoms with E-state index in [2.05, 4.69) is 10.3 Å². The highest BCUT2D eigenvalue weighted by Gasteiger charge is 2.33. The van der Waals surface area contributed by atoms with E-state index in [1.807, 2.05) is 0 Å². The maximum absolute atomic E-state index is 12.4. The molecule has 88 valence electrons. The zero-order chi connectivity index (χ0) is 11.8. The molecule has 1 N–H and O–H groups in total. The van der Waals surface area contributed by atoms with Crippen LogP contribution in [0.25, 0.3) is 0 Å². The van der Waals surface area contributed by atoms with Gasteiger partial charge in [0, 0.05) is 12.6 Å². The van der Waals surface area contributed by atoms with Crippen LogP contribution in [0.4, 0.5) is 13.2 Å². The monoisotopic (exact) mass is 250 g/mol. The van der Waals surface area contributed by atoms with Crippen LogP contribution in [0.2, 0.25) is 5.15 Å². The summed E-state index contributed by atoms with van der Waals surface area (Å²) in [5.41, 5.74) is -0.424. The minimum atomic E-state index is -4.45. The fourth-order valence-electron chi connectivity index (χ4n) is 1.35. The minimum Gasteiger partial charge on any atom is -0.310 e. The molecule has 0 bridgehead atoms. The Morgan fingerprint density at radius 2 is 2.06 bits per heavy atom. The summed E-state index contributed by atoms with van der Waals surface area (Å²) >= 11 is 5.55. The molecule has 1 aliphatic rings. The fraction of sp³-hybridized carbons (Fsp3) is 0.500. The highest BCUT2D eigenvalue weighted by molar-refractivity contribution is 6.29. The van der Waals surface area contributed by atoms with E-state index in [1.165, 1.54) is 6.07 Å². The lowest BCUT2D eigenvalue weighted by atomic mass is 10.2. The molecule has 0 atom stereocenters. The summed E-state index contributed by atoms with van der Waals surface area (Å²) in [7, 11) is 0. The first-order valence-electron chi connectivity index (χ1n) is 4.92. The lowest BCUT2D eigenvalue weighted by molar-refractivity contribution is -0.141. The molecule has 1 saturated carbocycles. The molecule has 1 fully saturated rings. The zero-order valence-electron chi connectivity index (χ0n) is 8.31. The van der Waals surface area contributed by atoms with Gasteiger partial charge >= 0.3 is 6.18 Å². The second-order valence-electron chi connectivity index (χ2n) is 3.84. The lowest BCUT2D eigenvalue weighted by Gasteiger charge is -2.09. The third-order valence-corrected chi connectivity index (χ3v) is 2.51. The van der Waals surface area contributed by atoms with Gasteiger partial charge in [-0.3, -0.25) is 0 Å². The van der Waals surface area contributed by atoms with Crippen molar-refractivity contribution in [3.05, 3.63) is 28.5 Å². The molecule has 0 spiro atoms. The molecule has 2 rings (SSSR count). The van der Waals surface area contributed by atoms with Crippen LogP contribution < -0.4 is 5.32 Å². The Morgan fingerprint density at radius 3 is 2.62 bits per heavy atom. The Kier molecular flexibility index (Phi) is 3.08. The Labute approximate surface area is 95.8 Å². The van der Waals surface area contributed by atoms with Gasteiger partial charge in [0.15, 0.2) is 0 Å². The fourth-order valence-corrected chi connectivity index (χ4v) is 1.58. The summed E-state index contributed by atoms with van der Waals surface area (Å²) in [5.74, 6) is 0. The van der Waals surface area contributed by atoms with Crippen LogP contribution in [-0.2, 0) is 12.7 Å². The maximum atomic E-state index is 12.4. The molecule has 0 unspecified atom stereocenters. The quantitative estimate of drug-likeness (QED) is 0.835. The summed E-state index contributed by atoms with van der Waals surface area (Å²) in [6, 6.07) is 2.93. The minimum absolute atomic E-state index is 0.123. The molecule has 0 aromatic carbocycles. The molecule has 0 radical (unpaired) electrons. The average molecular weight is 251 g/mol. The molecule has 1 aromatic rings. The van der Waals surface area contributed by atoms with Gasteiger partial charge in [-0.2, -0.15) is 13.2 Å². The summed E-state index contributed by atoms with van der Waals surface area (Å²) in [6.45, 7) is 0.399. The largest absolute Gasteiger partial charge is 0.433 e. The molecule has 0 saturated heterocycles. The predicted molar refractivity (Wildman–Crippen MR) is 54.1 cm³/mol. The van der Waals surface area contributed by atoms with E-state index in [9.17, 15) is 13.2 Å². The first-order valence-corrected chi connectivity index (χ1v) is 5.30. The standard InChI is InChI=1S/C10H10ClF3N2/c11-9-4-6(5-15-7-1-2-7)3-8(16-9)10(12,13)14/h3-4,7,15H,1-2,5H2. The number of alkyl halides is 3. The van der Waals surface area contributed by atoms with Gasteiger partial charge in [0.05, 0.1) is 0 Å². The van der Waals surface area contributed by atoms with Gasteiger partial charge in [0.25, 0.3) is 0 Å². The smallest absolute Gasteiger partial charge is 0.310 e. The first kappa shape index (κ1) is 11.7. The third kappa shape index (κ3) is 3.09. The van der Waals surface area contributed by atoms with Crippen LogP contribution in [0.15, 0.2) is 12.1 Å². The predicted octanol–water partition coefficient (Wildman–Crippen LogP) is 3.01. The van der Waals surface area contributed by atoms with E-state index in [0.717, 1.165) is 18.9 Å². The zero-order valence-corrected chi connectivity index (χ0v) is 9.07. The molecule has 1 aliphatic carbocycles. The Morgan fingerprint density at radius 1 is 1.38 bits per heavy atom. The highest BCUT2D eigenvalue weighted by atomic mass is 35.5. The van der Waals surface area contributed by atoms with Crippen molar-refractivity contribution < 1.29 is 13.2 Å². The van der Waals surface area contributed by atoms with Crippen LogP contribution in [0.5, 0.6) is 0 Å². The summed E-state index contributed by atoms with van der Waals surface area (Å²) in [5, 5.41) is 3.00. The second kappa shape index (κ2) is 4.22. The molecule has 6 heteroatoms. The molecule has 2 nitrogen and oxygen atoms in total. The van der Waals surface area contributed by atoms with E-state index < -0.39 is 11.9 Å². The second-order valence-corrected chi connectivity index (χ2v) is 4.22. The number of pyridine rings is 1. The number of nitrogens with zero attached hydrogens (tertiary/aromatic N) is 1. The SMILES string of the molecule is FC(F)(F)c1cc(CNC2CC2)cc(Cl)n1. The number of hydrogen-bond acceptors (Lipinski definition) is 2. The van der Waals surface area contributed by atoms with Crippen molar-refractivity contribution >= 4 is 11.6 Å². The number of nitrogens with one attached hydrogen (secondary N) is 1. The van der Waals surface area contributed by atoms with Crippen molar-refractivity contribution in [2.24, 2.45) is 0 Å². The van der Waals surface area contributed by atoms with E-state index in [1.54, 1.807) is 0 Å². The Bertz CT molecular complexity index is 388. The molecule has 0 amide bonds. The van der Waals surface area contributed by atoms with Crippen molar-refractivity contribution in [2.45, 2.75) is 31.6 Å². The number of halogens is 4. The van der Waals surface area contributed by atoms with Crippen LogP contribution in [0.3, 0.4) is 0 Å². The highest BCUT2D eigenvalue weighted by Crippen LogP contribution is 2.29. The van der Waals surface area contributed by atoms with E-state index in [-0.39, 0.29) is 5.15 Å². The van der Waals surface area contributed by atoms with Crippen LogP contribution in [0, 0.1) is 0 Å². The molecular weight excluding hydrogens is 241 g/mol. The van der Waals surface area contributed by atoms with Crippen molar-refractivity contribution in [1.29, 1.82) is 0 Å². The van der Waals surface area contributed by atoms with Crippen molar-refractivity contribution in [1.82, 2.24) is 10.3 Å².